The summed E-state index contributed by atoms with van der Waals surface area (Å²) in [4.78, 5) is 0. The van der Waals surface area contributed by atoms with Crippen LogP contribution in [0.2, 0.25) is 0 Å². The average molecular weight is 271 g/mol. The molecule has 1 aromatic rings. The Balaban J connectivity index is 2.25. The summed E-state index contributed by atoms with van der Waals surface area (Å²) in [5.74, 6) is 0.250. The summed E-state index contributed by atoms with van der Waals surface area (Å²) in [6.45, 7) is 3.02. The molecule has 0 bridgehead atoms. The van der Waals surface area contributed by atoms with Crippen molar-refractivity contribution in [3.63, 3.8) is 0 Å². The third-order valence-corrected chi connectivity index (χ3v) is 3.83. The number of hydrogen-bond donors (Lipinski definition) is 1. The van der Waals surface area contributed by atoms with Gasteiger partial charge in [0.2, 0.25) is 0 Å². The lowest BCUT2D eigenvalue weighted by Gasteiger charge is -2.17. The third-order valence-electron chi connectivity index (χ3n) is 2.97. The standard InChI is InChI=1S/C12H15BrO2/c1-8-2-3-9(6-11(8)13)12-10(7-14)4-5-15-12/h2-3,6,10,12,14H,4-5,7H2,1H3. The molecule has 1 N–H and O–H groups in total. The number of hydrogen-bond acceptors (Lipinski definition) is 2. The minimum atomic E-state index is 0.0619. The Labute approximate surface area is 98.4 Å². The van der Waals surface area contributed by atoms with E-state index in [1.54, 1.807) is 0 Å². The number of ether oxygens (including phenoxy) is 1. The highest BCUT2D eigenvalue weighted by atomic mass is 79.9. The van der Waals surface area contributed by atoms with E-state index in [1.165, 1.54) is 5.56 Å². The lowest BCUT2D eigenvalue weighted by Crippen LogP contribution is -2.11. The van der Waals surface area contributed by atoms with Crippen molar-refractivity contribution in [2.24, 2.45) is 5.92 Å². The highest BCUT2D eigenvalue weighted by molar-refractivity contribution is 9.10. The highest BCUT2D eigenvalue weighted by Gasteiger charge is 2.29. The Morgan fingerprint density at radius 1 is 1.53 bits per heavy atom. The molecule has 2 nitrogen and oxygen atoms in total. The fourth-order valence-electron chi connectivity index (χ4n) is 1.98. The van der Waals surface area contributed by atoms with Crippen molar-refractivity contribution in [2.45, 2.75) is 19.4 Å². The molecule has 0 aliphatic carbocycles. The predicted molar refractivity (Wildman–Crippen MR) is 62.8 cm³/mol. The molecule has 2 unspecified atom stereocenters. The molecule has 0 amide bonds. The Morgan fingerprint density at radius 2 is 2.33 bits per heavy atom. The predicted octanol–water partition coefficient (Wildman–Crippen LogP) is 2.83. The van der Waals surface area contributed by atoms with Crippen LogP contribution in [0.1, 0.15) is 23.7 Å². The number of benzene rings is 1. The van der Waals surface area contributed by atoms with Gasteiger partial charge in [-0.2, -0.15) is 0 Å². The van der Waals surface area contributed by atoms with E-state index in [9.17, 15) is 5.11 Å². The van der Waals surface area contributed by atoms with Gasteiger partial charge in [0.1, 0.15) is 0 Å². The van der Waals surface area contributed by atoms with E-state index in [0.717, 1.165) is 23.1 Å². The summed E-state index contributed by atoms with van der Waals surface area (Å²) in [5.41, 5.74) is 2.38. The number of aliphatic hydroxyl groups excluding tert-OH is 1. The summed E-state index contributed by atoms with van der Waals surface area (Å²) in [6, 6.07) is 6.25. The Bertz CT molecular complexity index is 351. The molecule has 15 heavy (non-hydrogen) atoms. The van der Waals surface area contributed by atoms with E-state index in [1.807, 2.05) is 0 Å². The van der Waals surface area contributed by atoms with Gasteiger partial charge in [0.25, 0.3) is 0 Å². The zero-order valence-corrected chi connectivity index (χ0v) is 10.3. The van der Waals surface area contributed by atoms with Crippen molar-refractivity contribution in [3.8, 4) is 0 Å². The minimum Gasteiger partial charge on any atom is -0.396 e. The van der Waals surface area contributed by atoms with Gasteiger partial charge < -0.3 is 9.84 Å². The molecule has 2 rings (SSSR count). The Morgan fingerprint density at radius 3 is 3.00 bits per heavy atom. The van der Waals surface area contributed by atoms with E-state index in [2.05, 4.69) is 41.1 Å². The molecule has 0 radical (unpaired) electrons. The second kappa shape index (κ2) is 4.64. The zero-order valence-electron chi connectivity index (χ0n) is 8.74. The highest BCUT2D eigenvalue weighted by Crippen LogP contribution is 2.35. The molecule has 1 heterocycles. The van der Waals surface area contributed by atoms with Crippen LogP contribution in [0.4, 0.5) is 0 Å². The van der Waals surface area contributed by atoms with E-state index < -0.39 is 0 Å². The second-order valence-corrected chi connectivity index (χ2v) is 4.89. The van der Waals surface area contributed by atoms with Gasteiger partial charge in [-0.1, -0.05) is 28.1 Å². The van der Waals surface area contributed by atoms with Gasteiger partial charge in [0, 0.05) is 23.6 Å². The van der Waals surface area contributed by atoms with Gasteiger partial charge in [-0.15, -0.1) is 0 Å². The molecule has 2 atom stereocenters. The summed E-state index contributed by atoms with van der Waals surface area (Å²) in [7, 11) is 0. The maximum Gasteiger partial charge on any atom is 0.0876 e. The fourth-order valence-corrected chi connectivity index (χ4v) is 2.37. The summed E-state index contributed by atoms with van der Waals surface area (Å²) < 4.78 is 6.76. The Kier molecular flexibility index (Phi) is 3.44. The number of aryl methyl sites for hydroxylation is 1. The summed E-state index contributed by atoms with van der Waals surface area (Å²) in [5, 5.41) is 9.23. The van der Waals surface area contributed by atoms with Gasteiger partial charge in [0.15, 0.2) is 0 Å². The van der Waals surface area contributed by atoms with Crippen LogP contribution < -0.4 is 0 Å². The average Bonchev–Trinajstić information content (AvgIpc) is 2.70. The molecule has 1 fully saturated rings. The largest absolute Gasteiger partial charge is 0.396 e. The van der Waals surface area contributed by atoms with Crippen LogP contribution in [-0.4, -0.2) is 18.3 Å². The van der Waals surface area contributed by atoms with E-state index in [4.69, 9.17) is 4.74 Å². The van der Waals surface area contributed by atoms with Crippen LogP contribution in [0.15, 0.2) is 22.7 Å². The minimum absolute atomic E-state index is 0.0619. The molecule has 0 spiro atoms. The van der Waals surface area contributed by atoms with Crippen LogP contribution in [0.25, 0.3) is 0 Å². The molecule has 1 aromatic carbocycles. The number of aliphatic hydroxyl groups is 1. The maximum atomic E-state index is 9.23. The monoisotopic (exact) mass is 270 g/mol. The molecule has 1 saturated heterocycles. The fraction of sp³-hybridized carbons (Fsp3) is 0.500. The molecule has 1 aliphatic heterocycles. The van der Waals surface area contributed by atoms with Gasteiger partial charge in [-0.05, 0) is 30.5 Å². The smallest absolute Gasteiger partial charge is 0.0876 e. The van der Waals surface area contributed by atoms with Crippen molar-refractivity contribution in [2.75, 3.05) is 13.2 Å². The molecular formula is C12H15BrO2. The van der Waals surface area contributed by atoms with Gasteiger partial charge >= 0.3 is 0 Å². The molecule has 0 aromatic heterocycles. The van der Waals surface area contributed by atoms with Crippen molar-refractivity contribution < 1.29 is 9.84 Å². The summed E-state index contributed by atoms with van der Waals surface area (Å²) >= 11 is 3.52. The first-order valence-electron chi connectivity index (χ1n) is 5.21. The van der Waals surface area contributed by atoms with Gasteiger partial charge in [0.05, 0.1) is 6.10 Å². The maximum absolute atomic E-state index is 9.23. The van der Waals surface area contributed by atoms with Crippen LogP contribution in [0.3, 0.4) is 0 Å². The van der Waals surface area contributed by atoms with E-state index in [-0.39, 0.29) is 18.6 Å². The zero-order chi connectivity index (χ0) is 10.8. The molecule has 1 aliphatic rings. The van der Waals surface area contributed by atoms with Gasteiger partial charge in [-0.25, -0.2) is 0 Å². The van der Waals surface area contributed by atoms with Crippen LogP contribution in [0, 0.1) is 12.8 Å². The molecule has 82 valence electrons. The topological polar surface area (TPSA) is 29.5 Å². The normalized spacial score (nSPS) is 25.8. The number of rotatable bonds is 2. The first-order valence-corrected chi connectivity index (χ1v) is 6.00. The van der Waals surface area contributed by atoms with Crippen LogP contribution >= 0.6 is 15.9 Å². The van der Waals surface area contributed by atoms with Crippen LogP contribution in [0.5, 0.6) is 0 Å². The van der Waals surface area contributed by atoms with Gasteiger partial charge in [-0.3, -0.25) is 0 Å². The van der Waals surface area contributed by atoms with Crippen molar-refractivity contribution in [1.82, 2.24) is 0 Å². The van der Waals surface area contributed by atoms with Crippen molar-refractivity contribution in [1.29, 1.82) is 0 Å². The first-order chi connectivity index (χ1) is 7.22. The lowest BCUT2D eigenvalue weighted by atomic mass is 9.96. The van der Waals surface area contributed by atoms with E-state index >= 15 is 0 Å². The number of halogens is 1. The summed E-state index contributed by atoms with van der Waals surface area (Å²) in [6.07, 6.45) is 1.01. The SMILES string of the molecule is Cc1ccc(C2OCCC2CO)cc1Br. The van der Waals surface area contributed by atoms with Crippen LogP contribution in [-0.2, 0) is 4.74 Å². The Hall–Kier alpha value is -0.380. The second-order valence-electron chi connectivity index (χ2n) is 4.03. The molecular weight excluding hydrogens is 256 g/mol. The van der Waals surface area contributed by atoms with Crippen molar-refractivity contribution in [3.05, 3.63) is 33.8 Å². The quantitative estimate of drug-likeness (QED) is 0.896. The van der Waals surface area contributed by atoms with E-state index in [0.29, 0.717) is 0 Å². The lowest BCUT2D eigenvalue weighted by molar-refractivity contribution is 0.0720. The first kappa shape index (κ1) is 11.1. The van der Waals surface area contributed by atoms with Crippen molar-refractivity contribution >= 4 is 15.9 Å². The molecule has 3 heteroatoms. The third kappa shape index (κ3) is 2.25. The molecule has 0 saturated carbocycles.